The van der Waals surface area contributed by atoms with Crippen LogP contribution in [0.3, 0.4) is 0 Å². The van der Waals surface area contributed by atoms with Crippen LogP contribution in [0, 0.1) is 5.92 Å². The van der Waals surface area contributed by atoms with E-state index in [0.29, 0.717) is 23.4 Å². The number of halogens is 2. The van der Waals surface area contributed by atoms with Crippen molar-refractivity contribution in [3.63, 3.8) is 0 Å². The van der Waals surface area contributed by atoms with E-state index in [1.807, 2.05) is 0 Å². The van der Waals surface area contributed by atoms with Crippen LogP contribution in [0.4, 0.5) is 0 Å². The molecule has 0 spiro atoms. The van der Waals surface area contributed by atoms with Gasteiger partial charge >= 0.3 is 0 Å². The topological polar surface area (TPSA) is 51.2 Å². The molecule has 0 saturated carbocycles. The van der Waals surface area contributed by atoms with Gasteiger partial charge in [0.1, 0.15) is 4.34 Å². The predicted molar refractivity (Wildman–Crippen MR) is 68.0 cm³/mol. The van der Waals surface area contributed by atoms with Gasteiger partial charge in [-0.3, -0.25) is 4.79 Å². The molecule has 1 aromatic rings. The Hall–Kier alpha value is -0.360. The fourth-order valence-electron chi connectivity index (χ4n) is 1.71. The Morgan fingerprint density at radius 2 is 2.41 bits per heavy atom. The van der Waals surface area contributed by atoms with E-state index in [2.05, 4.69) is 10.3 Å². The highest BCUT2D eigenvalue weighted by Gasteiger charge is 2.19. The van der Waals surface area contributed by atoms with Crippen LogP contribution in [0.15, 0.2) is 0 Å². The Bertz CT molecular complexity index is 405. The number of hydrogen-bond acceptors (Lipinski definition) is 4. The molecule has 0 radical (unpaired) electrons. The second-order valence-corrected chi connectivity index (χ2v) is 6.07. The van der Waals surface area contributed by atoms with Crippen LogP contribution < -0.4 is 5.32 Å². The number of carbonyl (C=O) groups is 1. The van der Waals surface area contributed by atoms with Crippen LogP contribution >= 0.6 is 34.5 Å². The Labute approximate surface area is 113 Å². The van der Waals surface area contributed by atoms with Gasteiger partial charge < -0.3 is 10.1 Å². The second kappa shape index (κ2) is 6.00. The zero-order valence-corrected chi connectivity index (χ0v) is 11.4. The summed E-state index contributed by atoms with van der Waals surface area (Å²) in [7, 11) is 0. The summed E-state index contributed by atoms with van der Waals surface area (Å²) in [4.78, 5) is 15.7. The minimum atomic E-state index is -0.274. The zero-order chi connectivity index (χ0) is 12.3. The molecular weight excluding hydrogens is 283 g/mol. The normalized spacial score (nSPS) is 20.2. The number of thiazole rings is 1. The molecule has 1 fully saturated rings. The van der Waals surface area contributed by atoms with Gasteiger partial charge in [-0.15, -0.1) is 0 Å². The molecule has 1 aromatic heterocycles. The molecule has 1 atom stereocenters. The molecule has 4 nitrogen and oxygen atoms in total. The summed E-state index contributed by atoms with van der Waals surface area (Å²) >= 11 is 12.6. The van der Waals surface area contributed by atoms with E-state index in [0.717, 1.165) is 30.8 Å². The lowest BCUT2D eigenvalue weighted by atomic mass is 10.0. The lowest BCUT2D eigenvalue weighted by Crippen LogP contribution is -2.33. The molecule has 1 saturated heterocycles. The number of aromatic nitrogens is 1. The third-order valence-corrected chi connectivity index (χ3v) is 3.94. The van der Waals surface area contributed by atoms with Crippen LogP contribution in [0.2, 0.25) is 8.80 Å². The minimum Gasteiger partial charge on any atom is -0.381 e. The van der Waals surface area contributed by atoms with Crippen LogP contribution in [0.1, 0.15) is 23.3 Å². The number of carbonyl (C=O) groups excluding carboxylic acids is 1. The van der Waals surface area contributed by atoms with Gasteiger partial charge in [-0.1, -0.05) is 34.5 Å². The number of ether oxygens (including phenoxy) is 1. The van der Waals surface area contributed by atoms with Crippen molar-refractivity contribution in [1.29, 1.82) is 0 Å². The highest BCUT2D eigenvalue weighted by Crippen LogP contribution is 2.27. The molecule has 17 heavy (non-hydrogen) atoms. The molecule has 0 unspecified atom stereocenters. The average Bonchev–Trinajstić information content (AvgIpc) is 2.67. The van der Waals surface area contributed by atoms with Crippen LogP contribution in [-0.4, -0.2) is 30.6 Å². The fraction of sp³-hybridized carbons (Fsp3) is 0.600. The molecule has 2 rings (SSSR count). The Morgan fingerprint density at radius 3 is 3.00 bits per heavy atom. The monoisotopic (exact) mass is 294 g/mol. The van der Waals surface area contributed by atoms with E-state index in [1.165, 1.54) is 0 Å². The van der Waals surface area contributed by atoms with E-state index in [-0.39, 0.29) is 16.1 Å². The SMILES string of the molecule is O=C(NC[C@H]1CCCOC1)c1nc(Cl)sc1Cl. The number of hydrogen-bond donors (Lipinski definition) is 1. The number of nitrogens with one attached hydrogen (secondary N) is 1. The first kappa shape index (κ1) is 13.1. The third-order valence-electron chi connectivity index (χ3n) is 2.58. The molecule has 1 aliphatic rings. The largest absolute Gasteiger partial charge is 0.381 e. The van der Waals surface area contributed by atoms with E-state index in [4.69, 9.17) is 27.9 Å². The quantitative estimate of drug-likeness (QED) is 0.932. The average molecular weight is 295 g/mol. The summed E-state index contributed by atoms with van der Waals surface area (Å²) in [5.74, 6) is 0.101. The summed E-state index contributed by atoms with van der Waals surface area (Å²) in [6, 6.07) is 0. The van der Waals surface area contributed by atoms with E-state index in [1.54, 1.807) is 0 Å². The van der Waals surface area contributed by atoms with Crippen LogP contribution in [-0.2, 0) is 4.74 Å². The van der Waals surface area contributed by atoms with Crippen molar-refractivity contribution in [3.8, 4) is 0 Å². The number of amides is 1. The van der Waals surface area contributed by atoms with Crippen molar-refractivity contribution in [2.75, 3.05) is 19.8 Å². The minimum absolute atomic E-state index is 0.207. The van der Waals surface area contributed by atoms with Gasteiger partial charge in [-0.2, -0.15) is 0 Å². The molecular formula is C10H12Cl2N2O2S. The molecule has 94 valence electrons. The van der Waals surface area contributed by atoms with Crippen LogP contribution in [0.5, 0.6) is 0 Å². The molecule has 1 amide bonds. The first-order valence-electron chi connectivity index (χ1n) is 5.34. The maximum atomic E-state index is 11.8. The van der Waals surface area contributed by atoms with Crippen LogP contribution in [0.25, 0.3) is 0 Å². The van der Waals surface area contributed by atoms with Crippen molar-refractivity contribution >= 4 is 40.4 Å². The molecule has 0 aliphatic carbocycles. The standard InChI is InChI=1S/C10H12Cl2N2O2S/c11-8-7(14-10(12)17-8)9(15)13-4-6-2-1-3-16-5-6/h6H,1-5H2,(H,13,15)/t6-/m1/s1. The summed E-state index contributed by atoms with van der Waals surface area (Å²) in [5.41, 5.74) is 0.207. The van der Waals surface area contributed by atoms with Gasteiger partial charge in [0, 0.05) is 13.2 Å². The lowest BCUT2D eigenvalue weighted by molar-refractivity contribution is 0.0536. The summed E-state index contributed by atoms with van der Waals surface area (Å²) in [6.07, 6.45) is 2.12. The molecule has 1 aliphatic heterocycles. The maximum Gasteiger partial charge on any atom is 0.272 e. The molecule has 2 heterocycles. The highest BCUT2D eigenvalue weighted by molar-refractivity contribution is 7.19. The predicted octanol–water partition coefficient (Wildman–Crippen LogP) is 2.61. The summed E-state index contributed by atoms with van der Waals surface area (Å²) < 4.78 is 5.94. The molecule has 1 N–H and O–H groups in total. The number of nitrogens with zero attached hydrogens (tertiary/aromatic N) is 1. The summed E-state index contributed by atoms with van der Waals surface area (Å²) in [6.45, 7) is 2.11. The Balaban J connectivity index is 1.86. The smallest absolute Gasteiger partial charge is 0.272 e. The fourth-order valence-corrected chi connectivity index (χ4v) is 3.01. The Kier molecular flexibility index (Phi) is 4.62. The van der Waals surface area contributed by atoms with E-state index < -0.39 is 0 Å². The molecule has 0 aromatic carbocycles. The van der Waals surface area contributed by atoms with E-state index >= 15 is 0 Å². The van der Waals surface area contributed by atoms with Crippen molar-refractivity contribution in [2.45, 2.75) is 12.8 Å². The second-order valence-electron chi connectivity index (χ2n) is 3.88. The number of rotatable bonds is 3. The van der Waals surface area contributed by atoms with Crippen molar-refractivity contribution in [2.24, 2.45) is 5.92 Å². The first-order valence-corrected chi connectivity index (χ1v) is 6.92. The summed E-state index contributed by atoms with van der Waals surface area (Å²) in [5, 5.41) is 2.80. The van der Waals surface area contributed by atoms with Gasteiger partial charge in [-0.25, -0.2) is 4.98 Å². The van der Waals surface area contributed by atoms with Crippen molar-refractivity contribution in [1.82, 2.24) is 10.3 Å². The Morgan fingerprint density at radius 1 is 1.59 bits per heavy atom. The molecule has 0 bridgehead atoms. The van der Waals surface area contributed by atoms with Crippen molar-refractivity contribution in [3.05, 3.63) is 14.5 Å². The van der Waals surface area contributed by atoms with Gasteiger partial charge in [-0.05, 0) is 18.8 Å². The zero-order valence-electron chi connectivity index (χ0n) is 9.04. The van der Waals surface area contributed by atoms with Gasteiger partial charge in [0.05, 0.1) is 6.61 Å². The van der Waals surface area contributed by atoms with Gasteiger partial charge in [0.15, 0.2) is 10.2 Å². The highest BCUT2D eigenvalue weighted by atomic mass is 35.5. The van der Waals surface area contributed by atoms with Gasteiger partial charge in [0.25, 0.3) is 5.91 Å². The third kappa shape index (κ3) is 3.55. The first-order chi connectivity index (χ1) is 8.16. The maximum absolute atomic E-state index is 11.8. The van der Waals surface area contributed by atoms with Crippen molar-refractivity contribution < 1.29 is 9.53 Å². The van der Waals surface area contributed by atoms with E-state index in [9.17, 15) is 4.79 Å². The molecule has 7 heteroatoms. The van der Waals surface area contributed by atoms with Gasteiger partial charge in [0.2, 0.25) is 0 Å². The lowest BCUT2D eigenvalue weighted by Gasteiger charge is -2.21.